The zero-order valence-electron chi connectivity index (χ0n) is 16.9. The van der Waals surface area contributed by atoms with Gasteiger partial charge in [0.1, 0.15) is 11.3 Å². The summed E-state index contributed by atoms with van der Waals surface area (Å²) in [5.74, 6) is 1.07. The number of halogens is 1. The fourth-order valence-corrected chi connectivity index (χ4v) is 4.19. The minimum atomic E-state index is -0.259. The highest BCUT2D eigenvalue weighted by Gasteiger charge is 2.36. The Morgan fingerprint density at radius 2 is 2.10 bits per heavy atom. The molecule has 1 atom stereocenters. The van der Waals surface area contributed by atoms with Crippen molar-refractivity contribution in [2.75, 3.05) is 7.11 Å². The Balaban J connectivity index is 1.59. The van der Waals surface area contributed by atoms with Gasteiger partial charge in [-0.15, -0.1) is 0 Å². The number of nitrogens with zero attached hydrogens (tertiary/aromatic N) is 2. The van der Waals surface area contributed by atoms with E-state index in [2.05, 4.69) is 15.4 Å². The van der Waals surface area contributed by atoms with Crippen LogP contribution in [0.3, 0.4) is 0 Å². The summed E-state index contributed by atoms with van der Waals surface area (Å²) in [6.45, 7) is 2.03. The summed E-state index contributed by atoms with van der Waals surface area (Å²) < 4.78 is 6.82. The van der Waals surface area contributed by atoms with Crippen LogP contribution in [0.25, 0.3) is 16.8 Å². The molecule has 2 heterocycles. The minimum Gasteiger partial charge on any atom is -0.495 e. The Morgan fingerprint density at radius 1 is 1.33 bits per heavy atom. The van der Waals surface area contributed by atoms with Gasteiger partial charge in [-0.1, -0.05) is 17.7 Å². The maximum atomic E-state index is 13.0. The average Bonchev–Trinajstić information content (AvgIpc) is 3.64. The zero-order valence-corrected chi connectivity index (χ0v) is 17.6. The fraction of sp³-hybridized carbons (Fsp3) is 0.409. The number of aromatic amines is 1. The van der Waals surface area contributed by atoms with Gasteiger partial charge in [-0.25, -0.2) is 4.52 Å². The van der Waals surface area contributed by atoms with Crippen LogP contribution in [-0.2, 0) is 0 Å². The Morgan fingerprint density at radius 3 is 2.77 bits per heavy atom. The molecule has 7 nitrogen and oxygen atoms in total. The summed E-state index contributed by atoms with van der Waals surface area (Å²) in [6.07, 6.45) is 5.97. The quantitative estimate of drug-likeness (QED) is 0.628. The lowest BCUT2D eigenvalue weighted by Crippen LogP contribution is -2.34. The van der Waals surface area contributed by atoms with Gasteiger partial charge in [0, 0.05) is 17.2 Å². The maximum Gasteiger partial charge on any atom is 0.274 e. The third-order valence-corrected chi connectivity index (χ3v) is 6.32. The van der Waals surface area contributed by atoms with Crippen LogP contribution < -0.4 is 15.6 Å². The predicted molar refractivity (Wildman–Crippen MR) is 114 cm³/mol. The lowest BCUT2D eigenvalue weighted by atomic mass is 10.1. The normalized spacial score (nSPS) is 17.2. The molecule has 0 bridgehead atoms. The number of H-pyrrole nitrogens is 1. The number of amides is 1. The number of aromatic nitrogens is 3. The van der Waals surface area contributed by atoms with Crippen molar-refractivity contribution in [2.45, 2.75) is 44.6 Å². The van der Waals surface area contributed by atoms with E-state index in [1.54, 1.807) is 36.0 Å². The van der Waals surface area contributed by atoms with Crippen LogP contribution in [-0.4, -0.2) is 33.7 Å². The molecule has 2 saturated carbocycles. The number of fused-ring (bicyclic) bond motifs is 1. The molecule has 1 amide bonds. The molecule has 2 aliphatic carbocycles. The van der Waals surface area contributed by atoms with Gasteiger partial charge in [-0.05, 0) is 56.6 Å². The highest BCUT2D eigenvalue weighted by Crippen LogP contribution is 2.43. The molecule has 0 radical (unpaired) electrons. The van der Waals surface area contributed by atoms with Gasteiger partial charge in [0.2, 0.25) is 0 Å². The van der Waals surface area contributed by atoms with Crippen LogP contribution >= 0.6 is 11.6 Å². The standard InChI is InChI=1S/C22H23ClN4O3/c1-11(12-3-4-12)24-21(28)19-18(13-5-6-13)20-22(29)25-16(10-27(20)26-19)14-7-8-15(23)17(9-14)30-2/h7-13H,3-6H2,1-2H3,(H,24,28)(H,25,29)/t11-/m0/s1. The highest BCUT2D eigenvalue weighted by molar-refractivity contribution is 6.32. The van der Waals surface area contributed by atoms with E-state index in [9.17, 15) is 9.59 Å². The van der Waals surface area contributed by atoms with Gasteiger partial charge in [0.05, 0.1) is 24.0 Å². The van der Waals surface area contributed by atoms with E-state index in [-0.39, 0.29) is 23.4 Å². The Labute approximate surface area is 178 Å². The van der Waals surface area contributed by atoms with E-state index in [4.69, 9.17) is 16.3 Å². The topological polar surface area (TPSA) is 88.5 Å². The monoisotopic (exact) mass is 426 g/mol. The average molecular weight is 427 g/mol. The summed E-state index contributed by atoms with van der Waals surface area (Å²) in [5.41, 5.74) is 2.63. The lowest BCUT2D eigenvalue weighted by Gasteiger charge is -2.12. The number of carbonyl (C=O) groups excluding carboxylic acids is 1. The molecule has 2 aliphatic rings. The number of carbonyl (C=O) groups is 1. The second-order valence-corrected chi connectivity index (χ2v) is 8.68. The summed E-state index contributed by atoms with van der Waals surface area (Å²) in [4.78, 5) is 28.9. The van der Waals surface area contributed by atoms with Crippen molar-refractivity contribution in [2.24, 2.45) is 5.92 Å². The lowest BCUT2D eigenvalue weighted by molar-refractivity contribution is 0.0929. The van der Waals surface area contributed by atoms with E-state index >= 15 is 0 Å². The zero-order chi connectivity index (χ0) is 21.0. The fourth-order valence-electron chi connectivity index (χ4n) is 3.99. The largest absolute Gasteiger partial charge is 0.495 e. The molecule has 1 aromatic carbocycles. The number of methoxy groups -OCH3 is 1. The molecule has 30 heavy (non-hydrogen) atoms. The molecular weight excluding hydrogens is 404 g/mol. The van der Waals surface area contributed by atoms with Gasteiger partial charge in [0.15, 0.2) is 5.69 Å². The van der Waals surface area contributed by atoms with E-state index in [0.717, 1.165) is 36.8 Å². The van der Waals surface area contributed by atoms with Crippen molar-refractivity contribution in [3.05, 3.63) is 51.0 Å². The van der Waals surface area contributed by atoms with Crippen LogP contribution in [0, 0.1) is 5.92 Å². The van der Waals surface area contributed by atoms with Crippen molar-refractivity contribution >= 4 is 23.0 Å². The van der Waals surface area contributed by atoms with Gasteiger partial charge in [0.25, 0.3) is 11.5 Å². The van der Waals surface area contributed by atoms with E-state index in [1.807, 2.05) is 6.92 Å². The Kier molecular flexibility index (Phi) is 4.58. The van der Waals surface area contributed by atoms with Gasteiger partial charge in [-0.3, -0.25) is 9.59 Å². The van der Waals surface area contributed by atoms with Crippen LogP contribution in [0.5, 0.6) is 5.75 Å². The van der Waals surface area contributed by atoms with Crippen LogP contribution in [0.1, 0.15) is 54.6 Å². The second kappa shape index (κ2) is 7.16. The van der Waals surface area contributed by atoms with Crippen LogP contribution in [0.2, 0.25) is 5.02 Å². The van der Waals surface area contributed by atoms with E-state index < -0.39 is 0 Å². The molecular formula is C22H23ClN4O3. The molecule has 8 heteroatoms. The smallest absolute Gasteiger partial charge is 0.274 e. The van der Waals surface area contributed by atoms with Crippen molar-refractivity contribution in [1.82, 2.24) is 19.9 Å². The van der Waals surface area contributed by atoms with Crippen LogP contribution in [0.4, 0.5) is 0 Å². The first kappa shape index (κ1) is 19.2. The van der Waals surface area contributed by atoms with E-state index in [0.29, 0.717) is 33.6 Å². The number of rotatable bonds is 6. The Bertz CT molecular complexity index is 1210. The predicted octanol–water partition coefficient (Wildman–Crippen LogP) is 3.76. The first-order chi connectivity index (χ1) is 14.5. The third-order valence-electron chi connectivity index (χ3n) is 6.01. The van der Waals surface area contributed by atoms with Crippen molar-refractivity contribution in [3.63, 3.8) is 0 Å². The van der Waals surface area contributed by atoms with Crippen molar-refractivity contribution in [3.8, 4) is 17.0 Å². The number of nitrogens with one attached hydrogen (secondary N) is 2. The molecule has 156 valence electrons. The molecule has 3 aromatic rings. The SMILES string of the molecule is COc1cc(-c2cn3nc(C(=O)N[C@@H](C)C4CC4)c(C4CC4)c3c(=O)[nH]2)ccc1Cl. The van der Waals surface area contributed by atoms with Gasteiger partial charge in [-0.2, -0.15) is 5.10 Å². The summed E-state index contributed by atoms with van der Waals surface area (Å²) in [5, 5.41) is 8.10. The molecule has 5 rings (SSSR count). The number of hydrogen-bond acceptors (Lipinski definition) is 4. The minimum absolute atomic E-state index is 0.116. The van der Waals surface area contributed by atoms with E-state index in [1.165, 1.54) is 0 Å². The molecule has 0 saturated heterocycles. The van der Waals surface area contributed by atoms with Crippen molar-refractivity contribution < 1.29 is 9.53 Å². The Hall–Kier alpha value is -2.80. The first-order valence-electron chi connectivity index (χ1n) is 10.3. The summed E-state index contributed by atoms with van der Waals surface area (Å²) in [6, 6.07) is 5.40. The first-order valence-corrected chi connectivity index (χ1v) is 10.6. The van der Waals surface area contributed by atoms with Gasteiger partial charge < -0.3 is 15.0 Å². The third kappa shape index (κ3) is 3.37. The number of benzene rings is 1. The molecule has 2 fully saturated rings. The molecule has 0 spiro atoms. The molecule has 2 aromatic heterocycles. The number of hydrogen-bond donors (Lipinski definition) is 2. The summed E-state index contributed by atoms with van der Waals surface area (Å²) >= 11 is 6.12. The van der Waals surface area contributed by atoms with Gasteiger partial charge >= 0.3 is 0 Å². The van der Waals surface area contributed by atoms with Crippen LogP contribution in [0.15, 0.2) is 29.2 Å². The summed E-state index contributed by atoms with van der Waals surface area (Å²) in [7, 11) is 1.54. The van der Waals surface area contributed by atoms with Crippen molar-refractivity contribution in [1.29, 1.82) is 0 Å². The number of ether oxygens (including phenoxy) is 1. The second-order valence-electron chi connectivity index (χ2n) is 8.28. The maximum absolute atomic E-state index is 13.0. The highest BCUT2D eigenvalue weighted by atomic mass is 35.5. The molecule has 2 N–H and O–H groups in total. The molecule has 0 aliphatic heterocycles. The molecule has 0 unspecified atom stereocenters.